The summed E-state index contributed by atoms with van der Waals surface area (Å²) >= 11 is 0. The maximum atomic E-state index is 4.84. The van der Waals surface area contributed by atoms with Crippen LogP contribution in [0.1, 0.15) is 0 Å². The van der Waals surface area contributed by atoms with Gasteiger partial charge in [-0.05, 0) is 24.3 Å². The third kappa shape index (κ3) is 2.21. The van der Waals surface area contributed by atoms with Crippen molar-refractivity contribution in [3.63, 3.8) is 0 Å². The minimum atomic E-state index is 0.798. The molecule has 0 saturated carbocycles. The van der Waals surface area contributed by atoms with Gasteiger partial charge in [0.25, 0.3) is 0 Å². The highest BCUT2D eigenvalue weighted by molar-refractivity contribution is 5.93. The van der Waals surface area contributed by atoms with Crippen LogP contribution >= 0.6 is 0 Å². The van der Waals surface area contributed by atoms with E-state index in [1.54, 1.807) is 37.4 Å². The van der Waals surface area contributed by atoms with E-state index >= 15 is 0 Å². The van der Waals surface area contributed by atoms with E-state index < -0.39 is 0 Å². The van der Waals surface area contributed by atoms with E-state index in [9.17, 15) is 0 Å². The number of hydrogen-bond donors (Lipinski definition) is 1. The maximum Gasteiger partial charge on any atom is 0.138 e. The summed E-state index contributed by atoms with van der Waals surface area (Å²) in [5.74, 6) is 0.798. The molecule has 7 heteroatoms. The van der Waals surface area contributed by atoms with E-state index in [0.717, 1.165) is 33.8 Å². The highest BCUT2D eigenvalue weighted by Gasteiger charge is 2.14. The molecule has 0 bridgehead atoms. The smallest absolute Gasteiger partial charge is 0.138 e. The average molecular weight is 327 g/mol. The molecule has 0 unspecified atom stereocenters. The summed E-state index contributed by atoms with van der Waals surface area (Å²) in [5, 5.41) is 0. The Morgan fingerprint density at radius 3 is 2.08 bits per heavy atom. The number of nitrogens with zero attached hydrogens (tertiary/aromatic N) is 6. The third-order valence-electron chi connectivity index (χ3n) is 4.12. The largest absolute Gasteiger partial charge is 0.336 e. The molecule has 0 atom stereocenters. The fourth-order valence-corrected chi connectivity index (χ4v) is 2.94. The van der Waals surface area contributed by atoms with Crippen LogP contribution in [0.25, 0.3) is 33.8 Å². The summed E-state index contributed by atoms with van der Waals surface area (Å²) < 4.78 is 3.92. The van der Waals surface area contributed by atoms with E-state index in [4.69, 9.17) is 4.98 Å². The van der Waals surface area contributed by atoms with Crippen molar-refractivity contribution in [1.29, 1.82) is 0 Å². The molecular weight excluding hydrogens is 314 g/mol. The molecule has 4 aromatic heterocycles. The second kappa shape index (κ2) is 5.41. The lowest BCUT2D eigenvalue weighted by Gasteiger charge is -2.08. The van der Waals surface area contributed by atoms with Crippen molar-refractivity contribution in [3.05, 3.63) is 74.1 Å². The number of hydrogen-bond acceptors (Lipinski definition) is 4. The van der Waals surface area contributed by atoms with Crippen LogP contribution in [0, 0.1) is 0 Å². The average Bonchev–Trinajstić information content (AvgIpc) is 3.42. The van der Waals surface area contributed by atoms with Crippen molar-refractivity contribution < 1.29 is 0 Å². The summed E-state index contributed by atoms with van der Waals surface area (Å²) in [4.78, 5) is 20.7. The van der Waals surface area contributed by atoms with Gasteiger partial charge >= 0.3 is 0 Å². The second-order valence-electron chi connectivity index (χ2n) is 5.59. The molecule has 0 fully saturated rings. The van der Waals surface area contributed by atoms with Gasteiger partial charge in [0, 0.05) is 42.7 Å². The van der Waals surface area contributed by atoms with Gasteiger partial charge in [0.15, 0.2) is 0 Å². The number of imidazole rings is 3. The first kappa shape index (κ1) is 13.7. The van der Waals surface area contributed by atoms with E-state index in [0.29, 0.717) is 0 Å². The molecule has 0 aliphatic carbocycles. The number of fused-ring (bicyclic) bond motifs is 1. The van der Waals surface area contributed by atoms with Crippen molar-refractivity contribution in [3.8, 4) is 22.8 Å². The Morgan fingerprint density at radius 2 is 1.40 bits per heavy atom. The third-order valence-corrected chi connectivity index (χ3v) is 4.12. The fourth-order valence-electron chi connectivity index (χ4n) is 2.94. The molecule has 5 aromatic rings. The lowest BCUT2D eigenvalue weighted by atomic mass is 10.2. The van der Waals surface area contributed by atoms with Gasteiger partial charge in [-0.15, -0.1) is 0 Å². The van der Waals surface area contributed by atoms with Gasteiger partial charge in [0.1, 0.15) is 11.3 Å². The molecule has 0 amide bonds. The lowest BCUT2D eigenvalue weighted by Crippen LogP contribution is -1.96. The Bertz CT molecular complexity index is 1050. The molecule has 0 spiro atoms. The van der Waals surface area contributed by atoms with Gasteiger partial charge in [0.05, 0.1) is 29.5 Å². The molecule has 1 aromatic carbocycles. The normalized spacial score (nSPS) is 11.2. The number of aromatic nitrogens is 7. The van der Waals surface area contributed by atoms with Crippen LogP contribution < -0.4 is 0 Å². The summed E-state index contributed by atoms with van der Waals surface area (Å²) in [6.07, 6.45) is 14.4. The van der Waals surface area contributed by atoms with Crippen molar-refractivity contribution in [2.75, 3.05) is 0 Å². The Labute approximate surface area is 142 Å². The van der Waals surface area contributed by atoms with Crippen molar-refractivity contribution >= 4 is 11.0 Å². The Kier molecular flexibility index (Phi) is 2.96. The maximum absolute atomic E-state index is 4.84. The molecule has 120 valence electrons. The second-order valence-corrected chi connectivity index (χ2v) is 5.59. The van der Waals surface area contributed by atoms with Gasteiger partial charge in [-0.1, -0.05) is 0 Å². The molecule has 0 saturated heterocycles. The molecule has 0 aliphatic rings. The van der Waals surface area contributed by atoms with Crippen LogP contribution in [-0.4, -0.2) is 34.1 Å². The summed E-state index contributed by atoms with van der Waals surface area (Å²) in [5.41, 5.74) is 4.75. The highest BCUT2D eigenvalue weighted by atomic mass is 15.1. The van der Waals surface area contributed by atoms with Gasteiger partial charge in [-0.3, -0.25) is 4.98 Å². The van der Waals surface area contributed by atoms with Gasteiger partial charge in [0.2, 0.25) is 0 Å². The molecule has 4 heterocycles. The van der Waals surface area contributed by atoms with Crippen LogP contribution in [0.3, 0.4) is 0 Å². The van der Waals surface area contributed by atoms with E-state index in [-0.39, 0.29) is 0 Å². The van der Waals surface area contributed by atoms with Gasteiger partial charge in [-0.25, -0.2) is 15.0 Å². The zero-order valence-corrected chi connectivity index (χ0v) is 13.1. The molecule has 25 heavy (non-hydrogen) atoms. The Morgan fingerprint density at radius 1 is 0.720 bits per heavy atom. The van der Waals surface area contributed by atoms with E-state index in [1.165, 1.54) is 0 Å². The first-order valence-electron chi connectivity index (χ1n) is 7.80. The minimum absolute atomic E-state index is 0.798. The van der Waals surface area contributed by atoms with Crippen LogP contribution in [0.5, 0.6) is 0 Å². The summed E-state index contributed by atoms with van der Waals surface area (Å²) in [6.45, 7) is 0. The molecule has 0 aliphatic heterocycles. The Hall–Kier alpha value is -3.74. The first-order chi connectivity index (χ1) is 12.4. The summed E-state index contributed by atoms with van der Waals surface area (Å²) in [6, 6.07) is 7.96. The van der Waals surface area contributed by atoms with Crippen LogP contribution in [-0.2, 0) is 0 Å². The number of nitrogens with one attached hydrogen (secondary N) is 1. The molecular formula is C18H13N7. The SMILES string of the molecule is c1cc(-c2nc3c(-n4ccnc4)ccc(-n4ccnc4)c3[nH]2)ccn1. The standard InChI is InChI=1S/C18H13N7/c1-2-15(25-10-8-21-12-25)17-16(14(1)24-9-7-20-11-24)22-18(23-17)13-3-5-19-6-4-13/h1-12H,(H,22,23). The first-order valence-corrected chi connectivity index (χ1v) is 7.80. The van der Waals surface area contributed by atoms with Gasteiger partial charge < -0.3 is 14.1 Å². The van der Waals surface area contributed by atoms with Crippen LogP contribution in [0.15, 0.2) is 74.1 Å². The lowest BCUT2D eigenvalue weighted by molar-refractivity contribution is 1.04. The number of aromatic amines is 1. The molecule has 1 N–H and O–H groups in total. The minimum Gasteiger partial charge on any atom is -0.336 e. The monoisotopic (exact) mass is 327 g/mol. The predicted molar refractivity (Wildman–Crippen MR) is 93.6 cm³/mol. The number of pyridine rings is 1. The molecule has 0 radical (unpaired) electrons. The zero-order chi connectivity index (χ0) is 16.6. The van der Waals surface area contributed by atoms with Crippen molar-refractivity contribution in [1.82, 2.24) is 34.1 Å². The number of rotatable bonds is 3. The van der Waals surface area contributed by atoms with Crippen molar-refractivity contribution in [2.45, 2.75) is 0 Å². The van der Waals surface area contributed by atoms with E-state index in [1.807, 2.05) is 45.8 Å². The predicted octanol–water partition coefficient (Wildman–Crippen LogP) is 3.00. The number of H-pyrrole nitrogens is 1. The van der Waals surface area contributed by atoms with Crippen LogP contribution in [0.2, 0.25) is 0 Å². The highest BCUT2D eigenvalue weighted by Crippen LogP contribution is 2.29. The zero-order valence-electron chi connectivity index (χ0n) is 13.1. The molecule has 5 rings (SSSR count). The number of benzene rings is 1. The van der Waals surface area contributed by atoms with Crippen LogP contribution in [0.4, 0.5) is 0 Å². The van der Waals surface area contributed by atoms with Crippen molar-refractivity contribution in [2.24, 2.45) is 0 Å². The topological polar surface area (TPSA) is 77.2 Å². The van der Waals surface area contributed by atoms with E-state index in [2.05, 4.69) is 19.9 Å². The molecule has 7 nitrogen and oxygen atoms in total. The van der Waals surface area contributed by atoms with Gasteiger partial charge in [-0.2, -0.15) is 0 Å². The summed E-state index contributed by atoms with van der Waals surface area (Å²) in [7, 11) is 0. The quantitative estimate of drug-likeness (QED) is 0.552. The fraction of sp³-hybridized carbons (Fsp3) is 0. The Balaban J connectivity index is 1.81.